The highest BCUT2D eigenvalue weighted by atomic mass is 16.7. The Morgan fingerprint density at radius 3 is 2.35 bits per heavy atom. The molecule has 5 nitrogen and oxygen atoms in total. The van der Waals surface area contributed by atoms with Crippen LogP contribution < -0.4 is 0 Å². The largest absolute Gasteiger partial charge is 0.465 e. The second kappa shape index (κ2) is 6.22. The van der Waals surface area contributed by atoms with Crippen molar-refractivity contribution >= 4 is 6.09 Å². The molecule has 1 aromatic rings. The lowest BCUT2D eigenvalue weighted by Crippen LogP contribution is -2.23. The van der Waals surface area contributed by atoms with Crippen LogP contribution in [0.15, 0.2) is 24.3 Å². The third-order valence-corrected chi connectivity index (χ3v) is 2.19. The van der Waals surface area contributed by atoms with Crippen LogP contribution in [-0.4, -0.2) is 37.4 Å². The minimum atomic E-state index is -2.10. The van der Waals surface area contributed by atoms with Crippen LogP contribution in [0.3, 0.4) is 0 Å². The Morgan fingerprint density at radius 1 is 1.41 bits per heavy atom. The van der Waals surface area contributed by atoms with E-state index in [-0.39, 0.29) is 5.56 Å². The van der Waals surface area contributed by atoms with E-state index in [1.807, 2.05) is 0 Å². The molecule has 1 N–H and O–H groups in total. The number of hydrogen-bond acceptors (Lipinski definition) is 3. The lowest BCUT2D eigenvalue weighted by molar-refractivity contribution is -0.106. The van der Waals surface area contributed by atoms with E-state index < -0.39 is 18.9 Å². The van der Waals surface area contributed by atoms with Gasteiger partial charge in [-0.05, 0) is 5.56 Å². The molecule has 0 bridgehead atoms. The predicted molar refractivity (Wildman–Crippen MR) is 62.7 cm³/mol. The molecule has 94 valence electrons. The molecule has 0 saturated carbocycles. The van der Waals surface area contributed by atoms with Crippen LogP contribution in [0.25, 0.3) is 0 Å². The Hall–Kier alpha value is -1.59. The molecule has 0 aliphatic heterocycles. The number of methoxy groups -OCH3 is 2. The van der Waals surface area contributed by atoms with Crippen LogP contribution >= 0.6 is 0 Å². The lowest BCUT2D eigenvalue weighted by Gasteiger charge is -2.15. The van der Waals surface area contributed by atoms with E-state index in [1.165, 1.54) is 33.4 Å². The summed E-state index contributed by atoms with van der Waals surface area (Å²) in [6.07, 6.45) is -1.86. The molecule has 0 fully saturated rings. The first-order valence-corrected chi connectivity index (χ1v) is 4.97. The third-order valence-electron chi connectivity index (χ3n) is 2.19. The standard InChI is InChI=1S/C12H17NO4/c1-13(12(14)15)8-9-4-6-10(7-5-9)11(16-2)17-3/h4-7,11H,8H2,1-3H3,(H,14,15)/i8D2. The molecule has 1 rings (SSSR count). The lowest BCUT2D eigenvalue weighted by atomic mass is 10.1. The molecular weight excluding hydrogens is 222 g/mol. The number of hydrogen-bond donors (Lipinski definition) is 1. The Balaban J connectivity index is 3.01. The number of nitrogens with zero attached hydrogens (tertiary/aromatic N) is 1. The molecular formula is C12H17NO4. The molecule has 1 aromatic carbocycles. The topological polar surface area (TPSA) is 59.0 Å². The highest BCUT2D eigenvalue weighted by Gasteiger charge is 2.09. The fourth-order valence-corrected chi connectivity index (χ4v) is 1.32. The number of amides is 1. The van der Waals surface area contributed by atoms with Crippen molar-refractivity contribution in [3.05, 3.63) is 35.4 Å². The summed E-state index contributed by atoms with van der Waals surface area (Å²) in [6.45, 7) is -2.10. The summed E-state index contributed by atoms with van der Waals surface area (Å²) < 4.78 is 25.8. The molecule has 0 unspecified atom stereocenters. The van der Waals surface area contributed by atoms with E-state index in [9.17, 15) is 4.79 Å². The first-order chi connectivity index (χ1) is 8.84. The minimum Gasteiger partial charge on any atom is -0.465 e. The van der Waals surface area contributed by atoms with Gasteiger partial charge in [-0.25, -0.2) is 4.79 Å². The van der Waals surface area contributed by atoms with Gasteiger partial charge in [-0.2, -0.15) is 0 Å². The van der Waals surface area contributed by atoms with Gasteiger partial charge in [0.25, 0.3) is 0 Å². The first kappa shape index (κ1) is 10.6. The molecule has 0 heterocycles. The van der Waals surface area contributed by atoms with Gasteiger partial charge >= 0.3 is 6.09 Å². The number of benzene rings is 1. The summed E-state index contributed by atoms with van der Waals surface area (Å²) in [5.74, 6) is 0. The summed E-state index contributed by atoms with van der Waals surface area (Å²) >= 11 is 0. The van der Waals surface area contributed by atoms with Crippen LogP contribution in [0.2, 0.25) is 0 Å². The van der Waals surface area contributed by atoms with Gasteiger partial charge in [-0.15, -0.1) is 0 Å². The molecule has 0 spiro atoms. The third kappa shape index (κ3) is 3.72. The highest BCUT2D eigenvalue weighted by Crippen LogP contribution is 2.18. The summed E-state index contributed by atoms with van der Waals surface area (Å²) in [7, 11) is 4.18. The smallest absolute Gasteiger partial charge is 0.407 e. The SMILES string of the molecule is [2H]C([2H])(c1ccc(C(OC)OC)cc1)N(C)C(=O)O. The van der Waals surface area contributed by atoms with E-state index in [0.29, 0.717) is 4.90 Å². The zero-order chi connectivity index (χ0) is 14.6. The van der Waals surface area contributed by atoms with Crippen LogP contribution in [-0.2, 0) is 16.0 Å². The van der Waals surface area contributed by atoms with Crippen LogP contribution in [0.4, 0.5) is 4.79 Å². The van der Waals surface area contributed by atoms with Gasteiger partial charge in [0.15, 0.2) is 6.29 Å². The summed E-state index contributed by atoms with van der Waals surface area (Å²) in [5, 5.41) is 8.84. The second-order valence-electron chi connectivity index (χ2n) is 3.38. The Kier molecular flexibility index (Phi) is 3.86. The summed E-state index contributed by atoms with van der Waals surface area (Å²) in [6, 6.07) is 6.31. The zero-order valence-electron chi connectivity index (χ0n) is 12.0. The van der Waals surface area contributed by atoms with Gasteiger partial charge in [-0.3, -0.25) is 0 Å². The average molecular weight is 241 g/mol. The molecule has 0 aliphatic carbocycles. The maximum atomic E-state index is 10.8. The minimum absolute atomic E-state index is 0.243. The van der Waals surface area contributed by atoms with E-state index in [4.69, 9.17) is 17.3 Å². The molecule has 0 aromatic heterocycles. The van der Waals surface area contributed by atoms with Crippen molar-refractivity contribution in [3.63, 3.8) is 0 Å². The van der Waals surface area contributed by atoms with Crippen LogP contribution in [0.1, 0.15) is 20.2 Å². The fourth-order valence-electron chi connectivity index (χ4n) is 1.32. The van der Waals surface area contributed by atoms with Crippen molar-refractivity contribution < 1.29 is 22.1 Å². The number of ether oxygens (including phenoxy) is 2. The van der Waals surface area contributed by atoms with Crippen molar-refractivity contribution in [2.75, 3.05) is 21.3 Å². The molecule has 5 heteroatoms. The molecule has 0 aliphatic rings. The molecule has 0 radical (unpaired) electrons. The van der Waals surface area contributed by atoms with Crippen molar-refractivity contribution in [1.29, 1.82) is 0 Å². The van der Waals surface area contributed by atoms with Crippen LogP contribution in [0.5, 0.6) is 0 Å². The van der Waals surface area contributed by atoms with Gasteiger partial charge in [0.2, 0.25) is 0 Å². The second-order valence-corrected chi connectivity index (χ2v) is 3.38. The molecule has 17 heavy (non-hydrogen) atoms. The van der Waals surface area contributed by atoms with Crippen molar-refractivity contribution in [2.24, 2.45) is 0 Å². The van der Waals surface area contributed by atoms with E-state index in [0.717, 1.165) is 5.56 Å². The predicted octanol–water partition coefficient (Wildman–Crippen LogP) is 2.09. The average Bonchev–Trinajstić information content (AvgIpc) is 2.39. The van der Waals surface area contributed by atoms with Crippen molar-refractivity contribution in [3.8, 4) is 0 Å². The van der Waals surface area contributed by atoms with Gasteiger partial charge in [-0.1, -0.05) is 24.3 Å². The Bertz CT molecular complexity index is 432. The van der Waals surface area contributed by atoms with E-state index in [2.05, 4.69) is 0 Å². The zero-order valence-corrected chi connectivity index (χ0v) is 10.0. The summed E-state index contributed by atoms with van der Waals surface area (Å²) in [5.41, 5.74) is 0.967. The highest BCUT2D eigenvalue weighted by molar-refractivity contribution is 5.64. The number of rotatable bonds is 5. The maximum Gasteiger partial charge on any atom is 0.407 e. The van der Waals surface area contributed by atoms with Crippen molar-refractivity contribution in [2.45, 2.75) is 12.8 Å². The fraction of sp³-hybridized carbons (Fsp3) is 0.417. The summed E-state index contributed by atoms with van der Waals surface area (Å²) in [4.78, 5) is 11.5. The number of carbonyl (C=O) groups is 1. The Labute approximate surface area is 103 Å². The van der Waals surface area contributed by atoms with E-state index in [1.54, 1.807) is 12.1 Å². The molecule has 0 atom stereocenters. The van der Waals surface area contributed by atoms with Crippen molar-refractivity contribution in [1.82, 2.24) is 4.90 Å². The Morgan fingerprint density at radius 2 is 1.94 bits per heavy atom. The number of carboxylic acid groups (broad SMARTS) is 1. The quantitative estimate of drug-likeness (QED) is 0.802. The van der Waals surface area contributed by atoms with Gasteiger partial charge in [0.1, 0.15) is 0 Å². The molecule has 0 saturated heterocycles. The van der Waals surface area contributed by atoms with Gasteiger partial charge < -0.3 is 19.5 Å². The monoisotopic (exact) mass is 241 g/mol. The van der Waals surface area contributed by atoms with Crippen LogP contribution in [0, 0.1) is 0 Å². The van der Waals surface area contributed by atoms with Gasteiger partial charge in [0, 0.05) is 33.3 Å². The first-order valence-electron chi connectivity index (χ1n) is 5.97. The van der Waals surface area contributed by atoms with E-state index >= 15 is 0 Å². The molecule has 1 amide bonds. The van der Waals surface area contributed by atoms with Gasteiger partial charge in [0.05, 0.1) is 2.74 Å². The normalized spacial score (nSPS) is 13.2. The maximum absolute atomic E-state index is 10.8.